The zero-order valence-corrected chi connectivity index (χ0v) is 23.5. The molecule has 206 valence electrons. The molecule has 0 spiro atoms. The van der Waals surface area contributed by atoms with E-state index >= 15 is 0 Å². The van der Waals surface area contributed by atoms with E-state index in [2.05, 4.69) is 48.5 Å². The molecule has 3 aliphatic heterocycles. The molecule has 3 saturated heterocycles. The number of carbonyl (C=O) groups excluding carboxylic acids is 1. The highest BCUT2D eigenvalue weighted by atomic mass is 32.1. The number of fused-ring (bicyclic) bond motifs is 3. The van der Waals surface area contributed by atoms with Crippen LogP contribution >= 0.6 is 11.3 Å². The van der Waals surface area contributed by atoms with E-state index in [9.17, 15) is 9.90 Å². The number of ether oxygens (including phenoxy) is 2. The lowest BCUT2D eigenvalue weighted by molar-refractivity contribution is -0.946. The van der Waals surface area contributed by atoms with Crippen molar-refractivity contribution in [1.29, 1.82) is 0 Å². The Balaban J connectivity index is 1.04. The van der Waals surface area contributed by atoms with Crippen molar-refractivity contribution in [3.63, 3.8) is 0 Å². The molecule has 0 radical (unpaired) electrons. The van der Waals surface area contributed by atoms with Crippen LogP contribution in [-0.2, 0) is 15.1 Å². The number of esters is 1. The second kappa shape index (κ2) is 11.4. The van der Waals surface area contributed by atoms with Gasteiger partial charge in [-0.1, -0.05) is 61.4 Å². The summed E-state index contributed by atoms with van der Waals surface area (Å²) in [5.41, 5.74) is 0.892. The van der Waals surface area contributed by atoms with E-state index in [0.717, 1.165) is 86.2 Å². The summed E-state index contributed by atoms with van der Waals surface area (Å²) in [7, 11) is 0. The van der Waals surface area contributed by atoms with Gasteiger partial charge in [-0.05, 0) is 47.5 Å². The summed E-state index contributed by atoms with van der Waals surface area (Å²) in [5.74, 6) is 0.839. The maximum atomic E-state index is 13.6. The van der Waals surface area contributed by atoms with Gasteiger partial charge < -0.3 is 19.1 Å². The van der Waals surface area contributed by atoms with E-state index in [-0.39, 0.29) is 12.0 Å². The second-order valence-corrected chi connectivity index (χ2v) is 12.7. The summed E-state index contributed by atoms with van der Waals surface area (Å²) < 4.78 is 13.3. The Morgan fingerprint density at radius 3 is 2.33 bits per heavy atom. The van der Waals surface area contributed by atoms with Gasteiger partial charge in [0.15, 0.2) is 11.7 Å². The molecule has 6 heteroatoms. The van der Waals surface area contributed by atoms with E-state index in [1.807, 2.05) is 23.6 Å². The SMILES string of the molecule is O=C(O[C@H]1C[N+]2(CCCOc3ccc(-c4ccccc4)cc3)CCC1CC2)[C@](O)(c1cccs1)C1CCCC1. The fraction of sp³-hybridized carbons (Fsp3) is 0.485. The predicted molar refractivity (Wildman–Crippen MR) is 154 cm³/mol. The summed E-state index contributed by atoms with van der Waals surface area (Å²) in [5, 5.41) is 13.7. The zero-order chi connectivity index (χ0) is 26.7. The van der Waals surface area contributed by atoms with E-state index in [0.29, 0.717) is 12.5 Å². The highest BCUT2D eigenvalue weighted by molar-refractivity contribution is 7.10. The number of nitrogens with zero attached hydrogens (tertiary/aromatic N) is 1. The normalized spacial score (nSPS) is 26.3. The average molecular weight is 547 g/mol. The van der Waals surface area contributed by atoms with Crippen molar-refractivity contribution in [3.05, 3.63) is 77.0 Å². The van der Waals surface area contributed by atoms with Crippen LogP contribution in [0.15, 0.2) is 72.1 Å². The zero-order valence-electron chi connectivity index (χ0n) is 22.7. The number of rotatable bonds is 10. The molecule has 3 aromatic rings. The topological polar surface area (TPSA) is 55.8 Å². The first kappa shape index (κ1) is 26.5. The minimum Gasteiger partial charge on any atom is -0.493 e. The Morgan fingerprint density at radius 1 is 0.923 bits per heavy atom. The number of aliphatic hydroxyl groups is 1. The molecule has 1 saturated carbocycles. The molecular weight excluding hydrogens is 506 g/mol. The third-order valence-electron chi connectivity index (χ3n) is 9.46. The molecule has 4 aliphatic rings. The minimum atomic E-state index is -1.51. The van der Waals surface area contributed by atoms with Gasteiger partial charge in [0.2, 0.25) is 0 Å². The van der Waals surface area contributed by atoms with Crippen LogP contribution in [0.2, 0.25) is 0 Å². The first-order valence-corrected chi connectivity index (χ1v) is 15.5. The van der Waals surface area contributed by atoms with Gasteiger partial charge in [0.05, 0.1) is 26.2 Å². The Morgan fingerprint density at radius 2 is 1.64 bits per heavy atom. The van der Waals surface area contributed by atoms with Gasteiger partial charge in [0.25, 0.3) is 0 Å². The lowest BCUT2D eigenvalue weighted by Crippen LogP contribution is -2.65. The van der Waals surface area contributed by atoms with Crippen molar-refractivity contribution in [1.82, 2.24) is 0 Å². The Kier molecular flexibility index (Phi) is 7.79. The van der Waals surface area contributed by atoms with Crippen LogP contribution < -0.4 is 4.74 Å². The summed E-state index contributed by atoms with van der Waals surface area (Å²) in [6.07, 6.45) is 6.92. The van der Waals surface area contributed by atoms with Crippen LogP contribution in [0.3, 0.4) is 0 Å². The van der Waals surface area contributed by atoms with E-state index in [1.165, 1.54) is 22.5 Å². The maximum Gasteiger partial charge on any atom is 0.344 e. The van der Waals surface area contributed by atoms with E-state index < -0.39 is 11.6 Å². The van der Waals surface area contributed by atoms with Crippen molar-refractivity contribution in [2.45, 2.75) is 56.7 Å². The van der Waals surface area contributed by atoms with Gasteiger partial charge in [0.1, 0.15) is 12.3 Å². The van der Waals surface area contributed by atoms with Crippen LogP contribution in [0.1, 0.15) is 49.8 Å². The first-order chi connectivity index (χ1) is 19.1. The summed E-state index contributed by atoms with van der Waals surface area (Å²) in [4.78, 5) is 14.4. The predicted octanol–water partition coefficient (Wildman–Crippen LogP) is 6.41. The number of carbonyl (C=O) groups is 1. The molecule has 0 amide bonds. The van der Waals surface area contributed by atoms with E-state index in [4.69, 9.17) is 9.47 Å². The quantitative estimate of drug-likeness (QED) is 0.181. The number of piperidine rings is 3. The van der Waals surface area contributed by atoms with Crippen LogP contribution in [0.4, 0.5) is 0 Å². The summed E-state index contributed by atoms with van der Waals surface area (Å²) >= 11 is 1.46. The number of quaternary nitrogens is 1. The van der Waals surface area contributed by atoms with Gasteiger partial charge >= 0.3 is 5.97 Å². The largest absolute Gasteiger partial charge is 0.493 e. The first-order valence-electron chi connectivity index (χ1n) is 14.7. The molecule has 5 nitrogen and oxygen atoms in total. The fourth-order valence-electron chi connectivity index (χ4n) is 7.17. The van der Waals surface area contributed by atoms with Crippen LogP contribution in [0.25, 0.3) is 11.1 Å². The molecular formula is C33H40NO4S+. The molecule has 0 unspecified atom stereocenters. The molecule has 1 aromatic heterocycles. The number of benzene rings is 2. The van der Waals surface area contributed by atoms with Crippen LogP contribution in [0.5, 0.6) is 5.75 Å². The third-order valence-corrected chi connectivity index (χ3v) is 10.5. The molecule has 4 heterocycles. The monoisotopic (exact) mass is 546 g/mol. The van der Waals surface area contributed by atoms with Gasteiger partial charge in [-0.3, -0.25) is 0 Å². The average Bonchev–Trinajstić information content (AvgIpc) is 3.72. The highest BCUT2D eigenvalue weighted by Crippen LogP contribution is 2.44. The molecule has 1 aliphatic carbocycles. The fourth-order valence-corrected chi connectivity index (χ4v) is 8.06. The second-order valence-electron chi connectivity index (χ2n) is 11.8. The van der Waals surface area contributed by atoms with Gasteiger partial charge in [-0.15, -0.1) is 11.3 Å². The smallest absolute Gasteiger partial charge is 0.344 e. The third kappa shape index (κ3) is 5.52. The highest BCUT2D eigenvalue weighted by Gasteiger charge is 2.53. The molecule has 2 aromatic carbocycles. The van der Waals surface area contributed by atoms with Gasteiger partial charge in [-0.25, -0.2) is 4.79 Å². The number of thiophene rings is 1. The Hall–Kier alpha value is -2.67. The molecule has 2 atom stereocenters. The molecule has 4 fully saturated rings. The van der Waals surface area contributed by atoms with Crippen molar-refractivity contribution in [2.24, 2.45) is 11.8 Å². The lowest BCUT2D eigenvalue weighted by Gasteiger charge is -2.52. The standard InChI is InChI=1S/C33H40NO4S/c35-32(33(36,28-10-4-5-11-28)31-12-6-23-39-31)38-30-24-34(20-17-27(30)18-21-34)19-7-22-37-29-15-13-26(14-16-29)25-8-2-1-3-9-25/h1-3,6,8-9,12-16,23,27-28,30,36H,4-5,7,10-11,17-22,24H2/q+1/t27?,30-,33+,34?/m0/s1. The Bertz CT molecular complexity index is 1210. The van der Waals surface area contributed by atoms with Crippen LogP contribution in [0, 0.1) is 11.8 Å². The summed E-state index contributed by atoms with van der Waals surface area (Å²) in [6.45, 7) is 4.84. The molecule has 7 rings (SSSR count). The van der Waals surface area contributed by atoms with Gasteiger partial charge in [-0.2, -0.15) is 0 Å². The van der Waals surface area contributed by atoms with Crippen LogP contribution in [-0.4, -0.2) is 54.4 Å². The van der Waals surface area contributed by atoms with Crippen molar-refractivity contribution < 1.29 is 23.9 Å². The number of hydrogen-bond acceptors (Lipinski definition) is 5. The van der Waals surface area contributed by atoms with Crippen molar-refractivity contribution in [3.8, 4) is 16.9 Å². The molecule has 2 bridgehead atoms. The van der Waals surface area contributed by atoms with Crippen molar-refractivity contribution in [2.75, 3.05) is 32.8 Å². The number of hydrogen-bond donors (Lipinski definition) is 1. The molecule has 39 heavy (non-hydrogen) atoms. The van der Waals surface area contributed by atoms with E-state index in [1.54, 1.807) is 0 Å². The maximum absolute atomic E-state index is 13.6. The van der Waals surface area contributed by atoms with Crippen molar-refractivity contribution >= 4 is 17.3 Å². The molecule has 1 N–H and O–H groups in total. The lowest BCUT2D eigenvalue weighted by atomic mass is 9.82. The minimum absolute atomic E-state index is 0.0493. The summed E-state index contributed by atoms with van der Waals surface area (Å²) in [6, 6.07) is 22.5. The Labute approximate surface area is 236 Å². The van der Waals surface area contributed by atoms with Gasteiger partial charge in [0, 0.05) is 36.0 Å².